The van der Waals surface area contributed by atoms with Crippen molar-refractivity contribution in [2.75, 3.05) is 13.1 Å². The van der Waals surface area contributed by atoms with Crippen LogP contribution < -0.4 is 21.7 Å². The second-order valence-corrected chi connectivity index (χ2v) is 12.1. The molecule has 1 aromatic rings. The van der Waals surface area contributed by atoms with Gasteiger partial charge in [0.15, 0.2) is 5.96 Å². The van der Waals surface area contributed by atoms with Crippen LogP contribution in [0.2, 0.25) is 0 Å². The lowest BCUT2D eigenvalue weighted by atomic mass is 9.79. The first-order valence-electron chi connectivity index (χ1n) is 11.6. The molecule has 12 nitrogen and oxygen atoms in total. The monoisotopic (exact) mass is 524 g/mol. The van der Waals surface area contributed by atoms with Gasteiger partial charge in [0.25, 0.3) is 0 Å². The number of carbonyl (C=O) groups is 3. The third-order valence-electron chi connectivity index (χ3n) is 5.91. The highest BCUT2D eigenvalue weighted by Gasteiger charge is 2.41. The minimum Gasteiger partial charge on any atom is -0.480 e. The summed E-state index contributed by atoms with van der Waals surface area (Å²) in [6.07, 6.45) is 0.989. The van der Waals surface area contributed by atoms with Crippen molar-refractivity contribution in [3.63, 3.8) is 0 Å². The molecule has 13 heteroatoms. The molecule has 200 valence electrons. The molecule has 36 heavy (non-hydrogen) atoms. The van der Waals surface area contributed by atoms with Crippen molar-refractivity contribution in [2.45, 2.75) is 69.5 Å². The fraction of sp³-hybridized carbons (Fsp3) is 0.565. The number of nitrogens with zero attached hydrogens (tertiary/aromatic N) is 1. The number of aliphatic carboxylic acids is 1. The van der Waals surface area contributed by atoms with E-state index in [0.29, 0.717) is 6.42 Å². The second-order valence-electron chi connectivity index (χ2n) is 10.2. The number of nitrogens with two attached hydrogens (primary N) is 1. The van der Waals surface area contributed by atoms with E-state index in [-0.39, 0.29) is 36.8 Å². The SMILES string of the molecule is CC(C)(CC(C)(C)C(=O)NC[C@H](NC(=O)[C@@H]1CCCN1S(=O)(=O)c1ccccc1)C(=O)O)NC(=N)N. The summed E-state index contributed by atoms with van der Waals surface area (Å²) in [5.74, 6) is -2.79. The molecule has 0 saturated carbocycles. The number of benzene rings is 1. The number of hydrogen-bond donors (Lipinski definition) is 6. The lowest BCUT2D eigenvalue weighted by Crippen LogP contribution is -2.56. The summed E-state index contributed by atoms with van der Waals surface area (Å²) < 4.78 is 27.1. The van der Waals surface area contributed by atoms with E-state index >= 15 is 0 Å². The van der Waals surface area contributed by atoms with Gasteiger partial charge in [0.1, 0.15) is 12.1 Å². The van der Waals surface area contributed by atoms with Gasteiger partial charge in [-0.3, -0.25) is 15.0 Å². The van der Waals surface area contributed by atoms with E-state index in [9.17, 15) is 27.9 Å². The van der Waals surface area contributed by atoms with Gasteiger partial charge < -0.3 is 26.8 Å². The van der Waals surface area contributed by atoms with E-state index in [0.717, 1.165) is 4.31 Å². The van der Waals surface area contributed by atoms with Gasteiger partial charge in [0.2, 0.25) is 21.8 Å². The third kappa shape index (κ3) is 7.40. The van der Waals surface area contributed by atoms with Crippen LogP contribution in [0.4, 0.5) is 0 Å². The number of nitrogens with one attached hydrogen (secondary N) is 4. The zero-order valence-electron chi connectivity index (χ0n) is 21.0. The highest BCUT2D eigenvalue weighted by molar-refractivity contribution is 7.89. The molecule has 1 aliphatic heterocycles. The number of sulfonamides is 1. The first-order chi connectivity index (χ1) is 16.6. The fourth-order valence-electron chi connectivity index (χ4n) is 4.51. The lowest BCUT2D eigenvalue weighted by molar-refractivity contribution is -0.142. The Balaban J connectivity index is 2.06. The van der Waals surface area contributed by atoms with Gasteiger partial charge in [0.05, 0.1) is 4.90 Å². The number of carbonyl (C=O) groups excluding carboxylic acids is 2. The van der Waals surface area contributed by atoms with Crippen LogP contribution in [0.15, 0.2) is 35.2 Å². The summed E-state index contributed by atoms with van der Waals surface area (Å²) in [6, 6.07) is 5.21. The van der Waals surface area contributed by atoms with Crippen LogP contribution in [0.3, 0.4) is 0 Å². The van der Waals surface area contributed by atoms with E-state index < -0.39 is 50.8 Å². The third-order valence-corrected chi connectivity index (χ3v) is 7.83. The average molecular weight is 525 g/mol. The Labute approximate surface area is 211 Å². The van der Waals surface area contributed by atoms with Crippen molar-refractivity contribution in [1.82, 2.24) is 20.3 Å². The second kappa shape index (κ2) is 11.2. The molecule has 1 fully saturated rings. The number of carboxylic acid groups (broad SMARTS) is 1. The Hall–Kier alpha value is -3.19. The molecular formula is C23H36N6O6S. The molecule has 2 atom stereocenters. The molecule has 0 unspecified atom stereocenters. The summed E-state index contributed by atoms with van der Waals surface area (Å²) in [5.41, 5.74) is 3.77. The smallest absolute Gasteiger partial charge is 0.328 e. The van der Waals surface area contributed by atoms with E-state index in [4.69, 9.17) is 11.1 Å². The van der Waals surface area contributed by atoms with Crippen LogP contribution in [0.5, 0.6) is 0 Å². The van der Waals surface area contributed by atoms with E-state index in [2.05, 4.69) is 16.0 Å². The topological polar surface area (TPSA) is 195 Å². The Morgan fingerprint density at radius 2 is 1.81 bits per heavy atom. The fourth-order valence-corrected chi connectivity index (χ4v) is 6.19. The molecule has 1 aliphatic rings. The summed E-state index contributed by atoms with van der Waals surface area (Å²) in [4.78, 5) is 37.6. The number of amides is 2. The van der Waals surface area contributed by atoms with Crippen LogP contribution in [0.25, 0.3) is 0 Å². The summed E-state index contributed by atoms with van der Waals surface area (Å²) in [5, 5.41) is 24.7. The zero-order chi connectivity index (χ0) is 27.3. The van der Waals surface area contributed by atoms with E-state index in [1.807, 2.05) is 0 Å². The maximum atomic E-state index is 13.0. The molecule has 1 heterocycles. The molecule has 7 N–H and O–H groups in total. The van der Waals surface area contributed by atoms with Gasteiger partial charge in [-0.25, -0.2) is 13.2 Å². The average Bonchev–Trinajstić information content (AvgIpc) is 3.26. The molecular weight excluding hydrogens is 488 g/mol. The number of rotatable bonds is 11. The van der Waals surface area contributed by atoms with E-state index in [1.165, 1.54) is 12.1 Å². The highest BCUT2D eigenvalue weighted by atomic mass is 32.2. The molecule has 2 amide bonds. The summed E-state index contributed by atoms with van der Waals surface area (Å²) in [7, 11) is -3.93. The van der Waals surface area contributed by atoms with Crippen molar-refractivity contribution in [1.29, 1.82) is 5.41 Å². The maximum absolute atomic E-state index is 13.0. The van der Waals surface area contributed by atoms with Crippen LogP contribution in [-0.2, 0) is 24.4 Å². The maximum Gasteiger partial charge on any atom is 0.328 e. The van der Waals surface area contributed by atoms with Crippen molar-refractivity contribution < 1.29 is 27.9 Å². The quantitative estimate of drug-likeness (QED) is 0.174. The van der Waals surface area contributed by atoms with Gasteiger partial charge >= 0.3 is 5.97 Å². The Morgan fingerprint density at radius 3 is 2.36 bits per heavy atom. The van der Waals surface area contributed by atoms with Gasteiger partial charge in [-0.2, -0.15) is 4.31 Å². The Kier molecular flexibility index (Phi) is 9.08. The van der Waals surface area contributed by atoms with Gasteiger partial charge in [-0.05, 0) is 45.2 Å². The first-order valence-corrected chi connectivity index (χ1v) is 13.0. The molecule has 0 aromatic heterocycles. The van der Waals surface area contributed by atoms with Crippen LogP contribution >= 0.6 is 0 Å². The van der Waals surface area contributed by atoms with E-state index in [1.54, 1.807) is 45.9 Å². The largest absolute Gasteiger partial charge is 0.480 e. The normalized spacial score (nSPS) is 17.7. The number of hydrogen-bond acceptors (Lipinski definition) is 6. The van der Waals surface area contributed by atoms with Crippen molar-refractivity contribution in [3.05, 3.63) is 30.3 Å². The standard InChI is InChI=1S/C23H36N6O6S/c1-22(2,14-23(3,4)28-21(24)25)20(33)26-13-16(19(31)32)27-18(30)17-11-8-12-29(17)36(34,35)15-9-6-5-7-10-15/h5-7,9-10,16-17H,8,11-14H2,1-4H3,(H,26,33)(H,27,30)(H,31,32)(H4,24,25,28)/t16-,17-/m0/s1. The molecule has 0 aliphatic carbocycles. The Morgan fingerprint density at radius 1 is 1.19 bits per heavy atom. The summed E-state index contributed by atoms with van der Waals surface area (Å²) in [6.45, 7) is 6.65. The zero-order valence-corrected chi connectivity index (χ0v) is 21.8. The Bertz CT molecular complexity index is 1090. The minimum atomic E-state index is -3.93. The lowest BCUT2D eigenvalue weighted by Gasteiger charge is -2.35. The summed E-state index contributed by atoms with van der Waals surface area (Å²) >= 11 is 0. The van der Waals surface area contributed by atoms with Crippen LogP contribution in [0.1, 0.15) is 47.0 Å². The highest BCUT2D eigenvalue weighted by Crippen LogP contribution is 2.28. The number of carboxylic acids is 1. The molecule has 0 bridgehead atoms. The van der Waals surface area contributed by atoms with Crippen molar-refractivity contribution in [2.24, 2.45) is 11.1 Å². The predicted octanol–water partition coefficient (Wildman–Crippen LogP) is 0.203. The van der Waals surface area contributed by atoms with Gasteiger partial charge in [-0.1, -0.05) is 32.0 Å². The molecule has 2 rings (SSSR count). The molecule has 1 aromatic carbocycles. The minimum absolute atomic E-state index is 0.0520. The first kappa shape index (κ1) is 29.0. The van der Waals surface area contributed by atoms with Crippen LogP contribution in [0, 0.1) is 10.8 Å². The van der Waals surface area contributed by atoms with Gasteiger partial charge in [-0.15, -0.1) is 0 Å². The molecule has 0 spiro atoms. The molecule has 1 saturated heterocycles. The van der Waals surface area contributed by atoms with Crippen molar-refractivity contribution in [3.8, 4) is 0 Å². The van der Waals surface area contributed by atoms with Crippen LogP contribution in [-0.4, -0.2) is 72.3 Å². The molecule has 0 radical (unpaired) electrons. The predicted molar refractivity (Wildman–Crippen MR) is 133 cm³/mol. The van der Waals surface area contributed by atoms with Crippen molar-refractivity contribution >= 4 is 33.8 Å². The number of guanidine groups is 1. The van der Waals surface area contributed by atoms with Gasteiger partial charge in [0, 0.05) is 24.0 Å².